The summed E-state index contributed by atoms with van der Waals surface area (Å²) in [4.78, 5) is 4.33. The molecule has 3 N–H and O–H groups in total. The predicted molar refractivity (Wildman–Crippen MR) is 119 cm³/mol. The molecule has 6 atom stereocenters. The van der Waals surface area contributed by atoms with E-state index in [4.69, 9.17) is 4.74 Å². The monoisotopic (exact) mass is 479 g/mol. The molecule has 0 aromatic heterocycles. The first-order chi connectivity index (χ1) is 15.8. The molecule has 10 heteroatoms. The topological polar surface area (TPSA) is 51.8 Å². The number of rotatable bonds is 6. The summed E-state index contributed by atoms with van der Waals surface area (Å²) in [5, 5.41) is 10.0. The summed E-state index contributed by atoms with van der Waals surface area (Å²) in [6.45, 7) is 3.00. The highest BCUT2D eigenvalue weighted by molar-refractivity contribution is 4.97. The van der Waals surface area contributed by atoms with Crippen LogP contribution in [0.4, 0.5) is 17.6 Å². The summed E-state index contributed by atoms with van der Waals surface area (Å²) >= 11 is 0. The second kappa shape index (κ2) is 11.0. The van der Waals surface area contributed by atoms with E-state index in [2.05, 4.69) is 25.8 Å². The van der Waals surface area contributed by atoms with Crippen molar-refractivity contribution in [1.82, 2.24) is 25.8 Å². The Bertz CT molecular complexity index is 610. The Morgan fingerprint density at radius 3 is 2.39 bits per heavy atom. The third-order valence-corrected chi connectivity index (χ3v) is 8.48. The normalized spacial score (nSPS) is 41.5. The van der Waals surface area contributed by atoms with Gasteiger partial charge in [-0.3, -0.25) is 25.8 Å². The van der Waals surface area contributed by atoms with E-state index in [1.807, 2.05) is 7.05 Å². The van der Waals surface area contributed by atoms with E-state index in [-0.39, 0.29) is 37.2 Å². The highest BCUT2D eigenvalue weighted by atomic mass is 19.4. The molecule has 0 amide bonds. The molecule has 0 aromatic rings. The van der Waals surface area contributed by atoms with Gasteiger partial charge in [0.25, 0.3) is 0 Å². The van der Waals surface area contributed by atoms with E-state index >= 15 is 4.39 Å². The third-order valence-electron chi connectivity index (χ3n) is 8.48. The van der Waals surface area contributed by atoms with Crippen molar-refractivity contribution >= 4 is 0 Å². The molecule has 4 fully saturated rings. The zero-order valence-corrected chi connectivity index (χ0v) is 19.9. The Morgan fingerprint density at radius 2 is 1.76 bits per heavy atom. The van der Waals surface area contributed by atoms with Crippen molar-refractivity contribution in [3.8, 4) is 0 Å². The Labute approximate surface area is 195 Å². The van der Waals surface area contributed by atoms with Crippen molar-refractivity contribution in [1.29, 1.82) is 0 Å². The Hall–Kier alpha value is -0.520. The van der Waals surface area contributed by atoms with Gasteiger partial charge in [-0.1, -0.05) is 0 Å². The van der Waals surface area contributed by atoms with Gasteiger partial charge in [0, 0.05) is 39.5 Å². The molecule has 33 heavy (non-hydrogen) atoms. The minimum atomic E-state index is -4.09. The van der Waals surface area contributed by atoms with E-state index in [9.17, 15) is 13.2 Å². The van der Waals surface area contributed by atoms with Gasteiger partial charge in [0.2, 0.25) is 0 Å². The molecule has 4 rings (SSSR count). The smallest absolute Gasteiger partial charge is 0.367 e. The van der Waals surface area contributed by atoms with Crippen molar-refractivity contribution in [3.63, 3.8) is 0 Å². The Morgan fingerprint density at radius 1 is 1.00 bits per heavy atom. The van der Waals surface area contributed by atoms with Crippen molar-refractivity contribution < 1.29 is 22.3 Å². The summed E-state index contributed by atoms with van der Waals surface area (Å²) in [7, 11) is 3.69. The van der Waals surface area contributed by atoms with E-state index in [0.29, 0.717) is 25.4 Å². The third kappa shape index (κ3) is 6.01. The average Bonchev–Trinajstić information content (AvgIpc) is 3.29. The van der Waals surface area contributed by atoms with E-state index < -0.39 is 24.4 Å². The number of hydrogen-bond donors (Lipinski definition) is 3. The molecule has 3 saturated heterocycles. The molecular weight excluding hydrogens is 438 g/mol. The number of methoxy groups -OCH3 is 1. The lowest BCUT2D eigenvalue weighted by Gasteiger charge is -2.47. The fourth-order valence-electron chi connectivity index (χ4n) is 6.63. The lowest BCUT2D eigenvalue weighted by molar-refractivity contribution is -0.185. The van der Waals surface area contributed by atoms with Gasteiger partial charge in [-0.25, -0.2) is 4.39 Å². The van der Waals surface area contributed by atoms with Crippen LogP contribution in [0.5, 0.6) is 0 Å². The standard InChI is InChI=1S/C23H41F4N5O/c1-31(13-15-5-10-19(33-2)28-12-15)21-20(24)22(30-14-29-21)32-11-3-4-18(32)16-6-8-17(9-7-16)23(25,26)27/h15-22,28-30H,3-14H2,1-2H3. The van der Waals surface area contributed by atoms with Crippen LogP contribution in [-0.4, -0.2) is 87.2 Å². The van der Waals surface area contributed by atoms with Crippen LogP contribution in [0.3, 0.4) is 0 Å². The minimum absolute atomic E-state index is 0.111. The number of halogens is 4. The maximum atomic E-state index is 15.9. The number of nitrogens with one attached hydrogen (secondary N) is 3. The Balaban J connectivity index is 1.32. The summed E-state index contributed by atoms with van der Waals surface area (Å²) in [5.41, 5.74) is 0. The van der Waals surface area contributed by atoms with Gasteiger partial charge in [0.05, 0.1) is 18.2 Å². The molecule has 0 bridgehead atoms. The molecule has 6 unspecified atom stereocenters. The number of hydrogen-bond acceptors (Lipinski definition) is 6. The van der Waals surface area contributed by atoms with E-state index in [0.717, 1.165) is 45.3 Å². The summed E-state index contributed by atoms with van der Waals surface area (Å²) in [6.07, 6.45) is -0.307. The largest absolute Gasteiger partial charge is 0.391 e. The van der Waals surface area contributed by atoms with E-state index in [1.165, 1.54) is 0 Å². The predicted octanol–water partition coefficient (Wildman–Crippen LogP) is 2.86. The van der Waals surface area contributed by atoms with Gasteiger partial charge >= 0.3 is 6.18 Å². The van der Waals surface area contributed by atoms with Gasteiger partial charge < -0.3 is 4.74 Å². The lowest BCUT2D eigenvalue weighted by Crippen LogP contribution is -2.69. The first kappa shape index (κ1) is 25.6. The van der Waals surface area contributed by atoms with Crippen LogP contribution >= 0.6 is 0 Å². The molecule has 0 aromatic carbocycles. The van der Waals surface area contributed by atoms with Gasteiger partial charge in [-0.2, -0.15) is 13.2 Å². The molecule has 3 heterocycles. The molecular formula is C23H41F4N5O. The fraction of sp³-hybridized carbons (Fsp3) is 1.00. The molecule has 4 aliphatic rings. The number of ether oxygens (including phenoxy) is 1. The Kier molecular flexibility index (Phi) is 8.55. The first-order valence-corrected chi connectivity index (χ1v) is 12.7. The van der Waals surface area contributed by atoms with Crippen molar-refractivity contribution in [3.05, 3.63) is 0 Å². The number of nitrogens with zero attached hydrogens (tertiary/aromatic N) is 2. The van der Waals surface area contributed by atoms with Crippen LogP contribution in [0.15, 0.2) is 0 Å². The molecule has 0 radical (unpaired) electrons. The van der Waals surface area contributed by atoms with Crippen molar-refractivity contribution in [2.45, 2.75) is 88.3 Å². The van der Waals surface area contributed by atoms with Crippen LogP contribution in [0.25, 0.3) is 0 Å². The second-order valence-corrected chi connectivity index (χ2v) is 10.5. The van der Waals surface area contributed by atoms with Crippen LogP contribution in [0.1, 0.15) is 51.4 Å². The molecule has 192 valence electrons. The lowest BCUT2D eigenvalue weighted by atomic mass is 9.77. The van der Waals surface area contributed by atoms with Crippen LogP contribution < -0.4 is 16.0 Å². The maximum Gasteiger partial charge on any atom is 0.391 e. The number of likely N-dealkylation sites (tertiary alicyclic amines) is 1. The molecule has 1 saturated carbocycles. The quantitative estimate of drug-likeness (QED) is 0.510. The van der Waals surface area contributed by atoms with Crippen LogP contribution in [0, 0.1) is 17.8 Å². The highest BCUT2D eigenvalue weighted by Crippen LogP contribution is 2.43. The molecule has 1 aliphatic carbocycles. The fourth-order valence-corrected chi connectivity index (χ4v) is 6.63. The zero-order chi connectivity index (χ0) is 23.6. The molecule has 6 nitrogen and oxygen atoms in total. The van der Waals surface area contributed by atoms with E-state index in [1.54, 1.807) is 7.11 Å². The van der Waals surface area contributed by atoms with Gasteiger partial charge in [0.15, 0.2) is 6.17 Å². The first-order valence-electron chi connectivity index (χ1n) is 12.7. The minimum Gasteiger partial charge on any atom is -0.367 e. The number of piperidine rings is 1. The van der Waals surface area contributed by atoms with Crippen LogP contribution in [-0.2, 0) is 4.74 Å². The highest BCUT2D eigenvalue weighted by Gasteiger charge is 2.47. The summed E-state index contributed by atoms with van der Waals surface area (Å²) in [6, 6.07) is 0.174. The zero-order valence-electron chi connectivity index (χ0n) is 19.9. The maximum absolute atomic E-state index is 15.9. The summed E-state index contributed by atoms with van der Waals surface area (Å²) < 4.78 is 60.5. The SMILES string of the molecule is COC1CCC(CN(C)C2NCNC(N3CCCC3C3CCC(C(F)(F)F)CC3)C2F)CN1. The van der Waals surface area contributed by atoms with Crippen LogP contribution in [0.2, 0.25) is 0 Å². The summed E-state index contributed by atoms with van der Waals surface area (Å²) in [5.74, 6) is -0.485. The van der Waals surface area contributed by atoms with Gasteiger partial charge in [-0.05, 0) is 70.3 Å². The second-order valence-electron chi connectivity index (χ2n) is 10.5. The van der Waals surface area contributed by atoms with Crippen molar-refractivity contribution in [2.75, 3.05) is 40.5 Å². The van der Waals surface area contributed by atoms with Gasteiger partial charge in [-0.15, -0.1) is 0 Å². The number of alkyl halides is 4. The van der Waals surface area contributed by atoms with Crippen molar-refractivity contribution in [2.24, 2.45) is 17.8 Å². The van der Waals surface area contributed by atoms with Gasteiger partial charge in [0.1, 0.15) is 6.23 Å². The molecule has 0 spiro atoms. The average molecular weight is 480 g/mol. The molecule has 3 aliphatic heterocycles.